The molecular formula is C16H18BrN3O. The van der Waals surface area contributed by atoms with E-state index < -0.39 is 0 Å². The molecular weight excluding hydrogens is 330 g/mol. The highest BCUT2D eigenvalue weighted by Crippen LogP contribution is 2.23. The molecule has 0 saturated heterocycles. The standard InChI is InChI=1S/C16H18BrN3O/c1-10(2)19-16(21)15-9-13(6-7-18-15)20-14-5-4-12(17)8-11(14)3/h4-10H,1-3H3,(H,18,20)(H,19,21). The Morgan fingerprint density at radius 3 is 2.67 bits per heavy atom. The van der Waals surface area contributed by atoms with Crippen LogP contribution < -0.4 is 10.6 Å². The molecule has 21 heavy (non-hydrogen) atoms. The second kappa shape index (κ2) is 6.72. The van der Waals surface area contributed by atoms with Gasteiger partial charge in [0.1, 0.15) is 5.69 Å². The highest BCUT2D eigenvalue weighted by atomic mass is 79.9. The van der Waals surface area contributed by atoms with Crippen LogP contribution in [0.2, 0.25) is 0 Å². The molecule has 0 bridgehead atoms. The fourth-order valence-electron chi connectivity index (χ4n) is 1.89. The molecule has 0 aliphatic heterocycles. The monoisotopic (exact) mass is 347 g/mol. The number of halogens is 1. The number of hydrogen-bond donors (Lipinski definition) is 2. The van der Waals surface area contributed by atoms with Crippen LogP contribution in [0.15, 0.2) is 41.0 Å². The number of aryl methyl sites for hydroxylation is 1. The SMILES string of the molecule is Cc1cc(Br)ccc1Nc1ccnc(C(=O)NC(C)C)c1. The van der Waals surface area contributed by atoms with Crippen molar-refractivity contribution < 1.29 is 4.79 Å². The lowest BCUT2D eigenvalue weighted by molar-refractivity contribution is 0.0938. The molecule has 1 aromatic heterocycles. The average Bonchev–Trinajstić information content (AvgIpc) is 2.41. The van der Waals surface area contributed by atoms with Crippen LogP contribution in [0, 0.1) is 6.92 Å². The van der Waals surface area contributed by atoms with Gasteiger partial charge in [0, 0.05) is 28.1 Å². The molecule has 5 heteroatoms. The van der Waals surface area contributed by atoms with Crippen molar-refractivity contribution in [2.45, 2.75) is 26.8 Å². The minimum Gasteiger partial charge on any atom is -0.355 e. The molecule has 0 spiro atoms. The van der Waals surface area contributed by atoms with Gasteiger partial charge in [0.2, 0.25) is 0 Å². The maximum atomic E-state index is 12.0. The van der Waals surface area contributed by atoms with Crippen molar-refractivity contribution in [3.63, 3.8) is 0 Å². The molecule has 2 aromatic rings. The van der Waals surface area contributed by atoms with Gasteiger partial charge in [-0.25, -0.2) is 0 Å². The molecule has 0 atom stereocenters. The normalized spacial score (nSPS) is 10.5. The predicted molar refractivity (Wildman–Crippen MR) is 89.0 cm³/mol. The van der Waals surface area contributed by atoms with E-state index >= 15 is 0 Å². The average molecular weight is 348 g/mol. The zero-order chi connectivity index (χ0) is 15.4. The number of anilines is 2. The summed E-state index contributed by atoms with van der Waals surface area (Å²) in [5.74, 6) is -0.166. The lowest BCUT2D eigenvalue weighted by atomic mass is 10.2. The fourth-order valence-corrected chi connectivity index (χ4v) is 2.37. The molecule has 2 N–H and O–H groups in total. The van der Waals surface area contributed by atoms with Crippen LogP contribution in [0.25, 0.3) is 0 Å². The summed E-state index contributed by atoms with van der Waals surface area (Å²) in [6.45, 7) is 5.87. The van der Waals surface area contributed by atoms with Crippen molar-refractivity contribution >= 4 is 33.2 Å². The van der Waals surface area contributed by atoms with Gasteiger partial charge < -0.3 is 10.6 Å². The maximum Gasteiger partial charge on any atom is 0.270 e. The van der Waals surface area contributed by atoms with E-state index in [2.05, 4.69) is 31.5 Å². The number of benzene rings is 1. The van der Waals surface area contributed by atoms with Crippen molar-refractivity contribution in [1.29, 1.82) is 0 Å². The Morgan fingerprint density at radius 2 is 2.00 bits per heavy atom. The Balaban J connectivity index is 2.19. The van der Waals surface area contributed by atoms with Gasteiger partial charge in [0.25, 0.3) is 5.91 Å². The molecule has 0 unspecified atom stereocenters. The first-order valence-corrected chi connectivity index (χ1v) is 7.55. The van der Waals surface area contributed by atoms with E-state index in [1.54, 1.807) is 12.3 Å². The Kier molecular flexibility index (Phi) is 4.96. The van der Waals surface area contributed by atoms with E-state index in [0.29, 0.717) is 5.69 Å². The smallest absolute Gasteiger partial charge is 0.270 e. The van der Waals surface area contributed by atoms with Gasteiger partial charge in [0.05, 0.1) is 0 Å². The highest BCUT2D eigenvalue weighted by molar-refractivity contribution is 9.10. The third-order valence-electron chi connectivity index (χ3n) is 2.88. The third-order valence-corrected chi connectivity index (χ3v) is 3.37. The summed E-state index contributed by atoms with van der Waals surface area (Å²) < 4.78 is 1.04. The quantitative estimate of drug-likeness (QED) is 0.877. The lowest BCUT2D eigenvalue weighted by Crippen LogP contribution is -2.30. The lowest BCUT2D eigenvalue weighted by Gasteiger charge is -2.12. The van der Waals surface area contributed by atoms with Crippen LogP contribution in [0.3, 0.4) is 0 Å². The Hall–Kier alpha value is -1.88. The molecule has 2 rings (SSSR count). The molecule has 0 aliphatic rings. The van der Waals surface area contributed by atoms with Crippen LogP contribution in [-0.2, 0) is 0 Å². The number of carbonyl (C=O) groups excluding carboxylic acids is 1. The van der Waals surface area contributed by atoms with E-state index in [1.165, 1.54) is 0 Å². The molecule has 110 valence electrons. The van der Waals surface area contributed by atoms with Gasteiger partial charge in [0.15, 0.2) is 0 Å². The summed E-state index contributed by atoms with van der Waals surface area (Å²) in [4.78, 5) is 16.1. The van der Waals surface area contributed by atoms with Crippen molar-refractivity contribution in [3.05, 3.63) is 52.3 Å². The zero-order valence-corrected chi connectivity index (χ0v) is 13.9. The molecule has 4 nitrogen and oxygen atoms in total. The van der Waals surface area contributed by atoms with Gasteiger partial charge in [-0.2, -0.15) is 0 Å². The molecule has 0 aliphatic carbocycles. The topological polar surface area (TPSA) is 54.0 Å². The molecule has 0 fully saturated rings. The Bertz CT molecular complexity index is 656. The summed E-state index contributed by atoms with van der Waals surface area (Å²) in [5.41, 5.74) is 3.36. The highest BCUT2D eigenvalue weighted by Gasteiger charge is 2.09. The number of rotatable bonds is 4. The first kappa shape index (κ1) is 15.5. The number of nitrogens with zero attached hydrogens (tertiary/aromatic N) is 1. The number of pyridine rings is 1. The maximum absolute atomic E-state index is 12.0. The van der Waals surface area contributed by atoms with Crippen molar-refractivity contribution in [3.8, 4) is 0 Å². The fraction of sp³-hybridized carbons (Fsp3) is 0.250. The van der Waals surface area contributed by atoms with Gasteiger partial charge in [-0.1, -0.05) is 15.9 Å². The molecule has 0 radical (unpaired) electrons. The van der Waals surface area contributed by atoms with E-state index in [1.807, 2.05) is 45.0 Å². The third kappa shape index (κ3) is 4.29. The van der Waals surface area contributed by atoms with Crippen molar-refractivity contribution in [1.82, 2.24) is 10.3 Å². The summed E-state index contributed by atoms with van der Waals surface area (Å²) in [7, 11) is 0. The summed E-state index contributed by atoms with van der Waals surface area (Å²) >= 11 is 3.44. The van der Waals surface area contributed by atoms with E-state index in [-0.39, 0.29) is 11.9 Å². The van der Waals surface area contributed by atoms with Gasteiger partial charge >= 0.3 is 0 Å². The van der Waals surface area contributed by atoms with E-state index in [9.17, 15) is 4.79 Å². The summed E-state index contributed by atoms with van der Waals surface area (Å²) in [5, 5.41) is 6.14. The predicted octanol–water partition coefficient (Wildman–Crippen LogP) is 4.03. The number of nitrogens with one attached hydrogen (secondary N) is 2. The largest absolute Gasteiger partial charge is 0.355 e. The van der Waals surface area contributed by atoms with Crippen LogP contribution >= 0.6 is 15.9 Å². The van der Waals surface area contributed by atoms with Crippen LogP contribution in [0.5, 0.6) is 0 Å². The Morgan fingerprint density at radius 1 is 1.24 bits per heavy atom. The molecule has 1 amide bonds. The first-order chi connectivity index (χ1) is 9.95. The minimum atomic E-state index is -0.166. The first-order valence-electron chi connectivity index (χ1n) is 6.76. The van der Waals surface area contributed by atoms with Crippen LogP contribution in [0.1, 0.15) is 29.9 Å². The minimum absolute atomic E-state index is 0.0876. The van der Waals surface area contributed by atoms with Gasteiger partial charge in [-0.3, -0.25) is 9.78 Å². The number of hydrogen-bond acceptors (Lipinski definition) is 3. The second-order valence-corrected chi connectivity index (χ2v) is 6.06. The van der Waals surface area contributed by atoms with Gasteiger partial charge in [-0.15, -0.1) is 0 Å². The Labute approximate surface area is 133 Å². The number of carbonyl (C=O) groups is 1. The zero-order valence-electron chi connectivity index (χ0n) is 12.3. The summed E-state index contributed by atoms with van der Waals surface area (Å²) in [6.07, 6.45) is 1.63. The van der Waals surface area contributed by atoms with E-state index in [0.717, 1.165) is 21.4 Å². The number of amides is 1. The molecule has 1 aromatic carbocycles. The number of aromatic nitrogens is 1. The van der Waals surface area contributed by atoms with Crippen molar-refractivity contribution in [2.24, 2.45) is 0 Å². The molecule has 0 saturated carbocycles. The van der Waals surface area contributed by atoms with E-state index in [4.69, 9.17) is 0 Å². The van der Waals surface area contributed by atoms with Crippen LogP contribution in [0.4, 0.5) is 11.4 Å². The molecule has 1 heterocycles. The van der Waals surface area contributed by atoms with Gasteiger partial charge in [-0.05, 0) is 56.7 Å². The van der Waals surface area contributed by atoms with Crippen LogP contribution in [-0.4, -0.2) is 16.9 Å². The second-order valence-electron chi connectivity index (χ2n) is 5.14. The van der Waals surface area contributed by atoms with Crippen molar-refractivity contribution in [2.75, 3.05) is 5.32 Å². The summed E-state index contributed by atoms with van der Waals surface area (Å²) in [6, 6.07) is 9.68.